The smallest absolute Gasteiger partial charge is 0.271 e. The molecule has 1 aromatic carbocycles. The summed E-state index contributed by atoms with van der Waals surface area (Å²) >= 11 is 4.56. The fraction of sp³-hybridized carbons (Fsp3) is 0.0769. The molecule has 0 aliphatic rings. The van der Waals surface area contributed by atoms with Gasteiger partial charge in [-0.2, -0.15) is 0 Å². The highest BCUT2D eigenvalue weighted by Gasteiger charge is 2.09. The molecule has 96 valence electrons. The first-order chi connectivity index (χ1) is 9.16. The van der Waals surface area contributed by atoms with E-state index in [9.17, 15) is 9.18 Å². The van der Waals surface area contributed by atoms with Gasteiger partial charge < -0.3 is 0 Å². The van der Waals surface area contributed by atoms with Crippen molar-refractivity contribution in [2.45, 2.75) is 6.54 Å². The van der Waals surface area contributed by atoms with Gasteiger partial charge in [-0.3, -0.25) is 9.36 Å². The summed E-state index contributed by atoms with van der Waals surface area (Å²) in [6.07, 6.45) is 1.49. The van der Waals surface area contributed by atoms with Crippen molar-refractivity contribution in [2.24, 2.45) is 0 Å². The second kappa shape index (κ2) is 4.86. The van der Waals surface area contributed by atoms with Crippen LogP contribution in [0.25, 0.3) is 10.2 Å². The molecule has 2 aromatic heterocycles. The quantitative estimate of drug-likeness (QED) is 0.717. The van der Waals surface area contributed by atoms with Crippen molar-refractivity contribution >= 4 is 37.5 Å². The molecule has 0 unspecified atom stereocenters. The third kappa shape index (κ3) is 2.21. The predicted molar refractivity (Wildman–Crippen MR) is 77.1 cm³/mol. The Labute approximate surface area is 120 Å². The molecule has 3 aromatic rings. The SMILES string of the molecule is O=c1c2sccc2ncn1Cc1cccc(F)c1Br. The molecule has 0 amide bonds. The average Bonchev–Trinajstić information content (AvgIpc) is 2.87. The number of thiophene rings is 1. The van der Waals surface area contributed by atoms with Crippen molar-refractivity contribution in [3.63, 3.8) is 0 Å². The van der Waals surface area contributed by atoms with Gasteiger partial charge in [0.2, 0.25) is 0 Å². The van der Waals surface area contributed by atoms with E-state index in [2.05, 4.69) is 20.9 Å². The lowest BCUT2D eigenvalue weighted by atomic mass is 10.2. The van der Waals surface area contributed by atoms with E-state index in [1.807, 2.05) is 11.4 Å². The molecule has 0 fully saturated rings. The van der Waals surface area contributed by atoms with E-state index in [4.69, 9.17) is 0 Å². The van der Waals surface area contributed by atoms with Gasteiger partial charge in [-0.15, -0.1) is 11.3 Å². The Morgan fingerprint density at radius 2 is 2.21 bits per heavy atom. The number of hydrogen-bond acceptors (Lipinski definition) is 3. The third-order valence-electron chi connectivity index (χ3n) is 2.81. The molecule has 0 aliphatic carbocycles. The van der Waals surface area contributed by atoms with Crippen molar-refractivity contribution < 1.29 is 4.39 Å². The Bertz CT molecular complexity index is 812. The minimum atomic E-state index is -0.337. The van der Waals surface area contributed by atoms with Crippen LogP contribution in [0.3, 0.4) is 0 Å². The first-order valence-corrected chi connectivity index (χ1v) is 7.19. The number of benzene rings is 1. The first kappa shape index (κ1) is 12.5. The van der Waals surface area contributed by atoms with Crippen molar-refractivity contribution in [2.75, 3.05) is 0 Å². The van der Waals surface area contributed by atoms with E-state index in [0.29, 0.717) is 20.3 Å². The zero-order valence-corrected chi connectivity index (χ0v) is 12.0. The van der Waals surface area contributed by atoms with E-state index in [0.717, 1.165) is 0 Å². The van der Waals surface area contributed by atoms with Gasteiger partial charge in [-0.05, 0) is 39.0 Å². The predicted octanol–water partition coefficient (Wildman–Crippen LogP) is 3.41. The molecule has 0 N–H and O–H groups in total. The number of fused-ring (bicyclic) bond motifs is 1. The summed E-state index contributed by atoms with van der Waals surface area (Å²) in [6, 6.07) is 6.58. The Hall–Kier alpha value is -1.53. The van der Waals surface area contributed by atoms with Gasteiger partial charge in [0.1, 0.15) is 10.5 Å². The van der Waals surface area contributed by atoms with Gasteiger partial charge >= 0.3 is 0 Å². The molecule has 19 heavy (non-hydrogen) atoms. The summed E-state index contributed by atoms with van der Waals surface area (Å²) in [6.45, 7) is 0.290. The van der Waals surface area contributed by atoms with Crippen molar-refractivity contribution in [1.29, 1.82) is 0 Å². The topological polar surface area (TPSA) is 34.9 Å². The minimum Gasteiger partial charge on any atom is -0.293 e. The lowest BCUT2D eigenvalue weighted by molar-refractivity contribution is 0.614. The largest absolute Gasteiger partial charge is 0.293 e. The first-order valence-electron chi connectivity index (χ1n) is 5.52. The highest BCUT2D eigenvalue weighted by atomic mass is 79.9. The highest BCUT2D eigenvalue weighted by Crippen LogP contribution is 2.21. The van der Waals surface area contributed by atoms with Crippen LogP contribution in [-0.4, -0.2) is 9.55 Å². The van der Waals surface area contributed by atoms with Gasteiger partial charge in [0, 0.05) is 0 Å². The van der Waals surface area contributed by atoms with Crippen molar-refractivity contribution in [1.82, 2.24) is 9.55 Å². The minimum absolute atomic E-state index is 0.101. The number of hydrogen-bond donors (Lipinski definition) is 0. The maximum atomic E-state index is 13.4. The van der Waals surface area contributed by atoms with E-state index in [-0.39, 0.29) is 17.9 Å². The van der Waals surface area contributed by atoms with Crippen LogP contribution in [0, 0.1) is 5.82 Å². The molecule has 0 atom stereocenters. The van der Waals surface area contributed by atoms with E-state index in [1.165, 1.54) is 28.3 Å². The van der Waals surface area contributed by atoms with Crippen LogP contribution >= 0.6 is 27.3 Å². The summed E-state index contributed by atoms with van der Waals surface area (Å²) in [7, 11) is 0. The van der Waals surface area contributed by atoms with Crippen LogP contribution < -0.4 is 5.56 Å². The second-order valence-corrected chi connectivity index (χ2v) is 5.73. The summed E-state index contributed by atoms with van der Waals surface area (Å²) in [4.78, 5) is 16.4. The van der Waals surface area contributed by atoms with E-state index < -0.39 is 0 Å². The van der Waals surface area contributed by atoms with Gasteiger partial charge in [0.25, 0.3) is 5.56 Å². The summed E-state index contributed by atoms with van der Waals surface area (Å²) < 4.78 is 15.9. The van der Waals surface area contributed by atoms with Gasteiger partial charge in [-0.1, -0.05) is 12.1 Å². The molecular formula is C13H8BrFN2OS. The molecular weight excluding hydrogens is 331 g/mol. The van der Waals surface area contributed by atoms with Crippen molar-refractivity contribution in [3.8, 4) is 0 Å². The van der Waals surface area contributed by atoms with Crippen LogP contribution in [0.4, 0.5) is 4.39 Å². The van der Waals surface area contributed by atoms with Crippen LogP contribution in [0.1, 0.15) is 5.56 Å². The zero-order chi connectivity index (χ0) is 13.4. The molecule has 0 radical (unpaired) electrons. The molecule has 0 aliphatic heterocycles. The number of nitrogens with zero attached hydrogens (tertiary/aromatic N) is 2. The Morgan fingerprint density at radius 3 is 3.05 bits per heavy atom. The second-order valence-electron chi connectivity index (χ2n) is 4.03. The van der Waals surface area contributed by atoms with E-state index in [1.54, 1.807) is 12.1 Å². The zero-order valence-electron chi connectivity index (χ0n) is 9.64. The average molecular weight is 339 g/mol. The van der Waals surface area contributed by atoms with Crippen LogP contribution in [0.15, 0.2) is 45.2 Å². The van der Waals surface area contributed by atoms with Crippen LogP contribution in [0.5, 0.6) is 0 Å². The maximum absolute atomic E-state index is 13.4. The van der Waals surface area contributed by atoms with Gasteiger partial charge in [-0.25, -0.2) is 9.37 Å². The Balaban J connectivity index is 2.08. The molecule has 2 heterocycles. The van der Waals surface area contributed by atoms with Gasteiger partial charge in [0.15, 0.2) is 0 Å². The lowest BCUT2D eigenvalue weighted by Gasteiger charge is -2.07. The molecule has 0 saturated carbocycles. The number of halogens is 2. The summed E-state index contributed by atoms with van der Waals surface area (Å²) in [5.74, 6) is -0.337. The normalized spacial score (nSPS) is 11.1. The van der Waals surface area contributed by atoms with Gasteiger partial charge in [0.05, 0.1) is 22.9 Å². The molecule has 0 saturated heterocycles. The van der Waals surface area contributed by atoms with E-state index >= 15 is 0 Å². The van der Waals surface area contributed by atoms with Crippen molar-refractivity contribution in [3.05, 3.63) is 62.2 Å². The Kier molecular flexibility index (Phi) is 3.20. The fourth-order valence-corrected chi connectivity index (χ4v) is 3.03. The molecule has 3 nitrogen and oxygen atoms in total. The standard InChI is InChI=1S/C13H8BrFN2OS/c14-11-8(2-1-3-9(11)15)6-17-7-16-10-4-5-19-12(10)13(17)18/h1-5,7H,6H2. The molecule has 0 bridgehead atoms. The number of aromatic nitrogens is 2. The highest BCUT2D eigenvalue weighted by molar-refractivity contribution is 9.10. The third-order valence-corrected chi connectivity index (χ3v) is 4.59. The summed E-state index contributed by atoms with van der Waals surface area (Å²) in [5, 5.41) is 1.83. The maximum Gasteiger partial charge on any atom is 0.271 e. The summed E-state index contributed by atoms with van der Waals surface area (Å²) in [5.41, 5.74) is 1.31. The lowest BCUT2D eigenvalue weighted by Crippen LogP contribution is -2.20. The monoisotopic (exact) mass is 338 g/mol. The fourth-order valence-electron chi connectivity index (χ4n) is 1.85. The Morgan fingerprint density at radius 1 is 1.37 bits per heavy atom. The van der Waals surface area contributed by atoms with Crippen LogP contribution in [-0.2, 0) is 6.54 Å². The molecule has 0 spiro atoms. The molecule has 6 heteroatoms. The number of rotatable bonds is 2. The molecule has 3 rings (SSSR count). The van der Waals surface area contributed by atoms with Crippen LogP contribution in [0.2, 0.25) is 0 Å².